The molecule has 2 heterocycles. The van der Waals surface area contributed by atoms with Gasteiger partial charge in [-0.25, -0.2) is 0 Å². The van der Waals surface area contributed by atoms with Crippen LogP contribution in [0.2, 0.25) is 0 Å². The van der Waals surface area contributed by atoms with E-state index in [1.54, 1.807) is 13.2 Å². The predicted molar refractivity (Wildman–Crippen MR) is 139 cm³/mol. The summed E-state index contributed by atoms with van der Waals surface area (Å²) in [6, 6.07) is 7.40. The lowest BCUT2D eigenvalue weighted by atomic mass is 9.53. The lowest BCUT2D eigenvalue weighted by Crippen LogP contribution is -2.71. The van der Waals surface area contributed by atoms with Crippen LogP contribution >= 0.6 is 0 Å². The number of piperidine rings is 1. The summed E-state index contributed by atoms with van der Waals surface area (Å²) < 4.78 is 5.56. The van der Waals surface area contributed by atoms with Gasteiger partial charge < -0.3 is 25.9 Å². The van der Waals surface area contributed by atoms with Crippen LogP contribution in [0.5, 0.6) is 5.75 Å². The first kappa shape index (κ1) is 25.5. The monoisotopic (exact) mass is 508 g/mol. The number of aromatic nitrogens is 1. The van der Waals surface area contributed by atoms with Gasteiger partial charge in [-0.2, -0.15) is 0 Å². The van der Waals surface area contributed by atoms with Crippen molar-refractivity contribution in [2.45, 2.75) is 63.0 Å². The van der Waals surface area contributed by atoms with Crippen molar-refractivity contribution in [3.05, 3.63) is 62.6 Å². The molecule has 1 saturated carbocycles. The van der Waals surface area contributed by atoms with Gasteiger partial charge in [0, 0.05) is 36.5 Å². The number of aliphatic hydroxyl groups is 1. The Balaban J connectivity index is 1.62. The number of nitrogens with one attached hydrogen (secondary N) is 2. The Kier molecular flexibility index (Phi) is 6.40. The third-order valence-electron chi connectivity index (χ3n) is 8.86. The molecule has 1 aromatic carbocycles. The standard InChI is InChI=1S/C28H36N4O5/c1-16-4-7-20(37-3)11-22(16)27-8-9-32(15-18-5-6-18)17(2)28(27,36)12-19-10-21(25(34)30-14-24(29)33)26(35)31-23(19)13-27/h4,7,10-11,17-18,36H,5-6,8-9,12-15H2,1-3H3,(H2,29,33)(H,30,34)(H,31,35). The zero-order valence-electron chi connectivity index (χ0n) is 21.7. The first-order valence-corrected chi connectivity index (χ1v) is 13.0. The Bertz CT molecular complexity index is 1300. The van der Waals surface area contributed by atoms with Crippen molar-refractivity contribution in [2.24, 2.45) is 11.7 Å². The van der Waals surface area contributed by atoms with Gasteiger partial charge in [-0.15, -0.1) is 0 Å². The molecule has 0 radical (unpaired) electrons. The third-order valence-corrected chi connectivity index (χ3v) is 8.86. The van der Waals surface area contributed by atoms with Crippen LogP contribution in [0.4, 0.5) is 0 Å². The van der Waals surface area contributed by atoms with Crippen LogP contribution in [-0.4, -0.2) is 65.2 Å². The molecule has 3 atom stereocenters. The topological polar surface area (TPSA) is 138 Å². The number of amides is 2. The molecule has 1 saturated heterocycles. The Morgan fingerprint density at radius 2 is 2.03 bits per heavy atom. The second-order valence-corrected chi connectivity index (χ2v) is 11.1. The van der Waals surface area contributed by atoms with Gasteiger partial charge in [0.05, 0.1) is 19.3 Å². The Labute approximate surface area is 216 Å². The summed E-state index contributed by atoms with van der Waals surface area (Å²) in [4.78, 5) is 42.0. The fourth-order valence-electron chi connectivity index (χ4n) is 6.54. The predicted octanol–water partition coefficient (Wildman–Crippen LogP) is 1.18. The molecule has 1 aromatic heterocycles. The molecular formula is C28H36N4O5. The van der Waals surface area contributed by atoms with Crippen molar-refractivity contribution < 1.29 is 19.4 Å². The molecule has 198 valence electrons. The van der Waals surface area contributed by atoms with Gasteiger partial charge in [0.15, 0.2) is 0 Å². The van der Waals surface area contributed by atoms with Crippen LogP contribution < -0.4 is 21.3 Å². The minimum atomic E-state index is -1.15. The summed E-state index contributed by atoms with van der Waals surface area (Å²) in [7, 11) is 1.64. The fraction of sp³-hybridized carbons (Fsp3) is 0.536. The summed E-state index contributed by atoms with van der Waals surface area (Å²) in [5.41, 5.74) is 6.30. The van der Waals surface area contributed by atoms with E-state index in [1.165, 1.54) is 12.8 Å². The molecule has 37 heavy (non-hydrogen) atoms. The van der Waals surface area contributed by atoms with Crippen molar-refractivity contribution in [1.82, 2.24) is 15.2 Å². The number of hydrogen-bond acceptors (Lipinski definition) is 6. The summed E-state index contributed by atoms with van der Waals surface area (Å²) in [6.07, 6.45) is 3.92. The Morgan fingerprint density at radius 3 is 2.70 bits per heavy atom. The Morgan fingerprint density at radius 1 is 1.27 bits per heavy atom. The molecule has 9 heteroatoms. The number of aromatic amines is 1. The number of methoxy groups -OCH3 is 1. The van der Waals surface area contributed by atoms with Crippen molar-refractivity contribution in [1.29, 1.82) is 0 Å². The van der Waals surface area contributed by atoms with Crippen LogP contribution in [-0.2, 0) is 23.1 Å². The van der Waals surface area contributed by atoms with Crippen molar-refractivity contribution >= 4 is 11.8 Å². The van der Waals surface area contributed by atoms with E-state index >= 15 is 0 Å². The van der Waals surface area contributed by atoms with Crippen LogP contribution in [0.15, 0.2) is 29.1 Å². The van der Waals surface area contributed by atoms with Gasteiger partial charge >= 0.3 is 0 Å². The van der Waals surface area contributed by atoms with Gasteiger partial charge in [-0.05, 0) is 80.5 Å². The number of benzene rings is 1. The summed E-state index contributed by atoms with van der Waals surface area (Å²) in [5.74, 6) is 0.0562. The first-order chi connectivity index (χ1) is 17.6. The lowest BCUT2D eigenvalue weighted by molar-refractivity contribution is -0.139. The van der Waals surface area contributed by atoms with E-state index in [9.17, 15) is 19.5 Å². The zero-order chi connectivity index (χ0) is 26.5. The maximum Gasteiger partial charge on any atom is 0.261 e. The van der Waals surface area contributed by atoms with Crippen molar-refractivity contribution in [3.63, 3.8) is 0 Å². The van der Waals surface area contributed by atoms with E-state index in [1.807, 2.05) is 18.2 Å². The van der Waals surface area contributed by atoms with Crippen LogP contribution in [0.25, 0.3) is 0 Å². The minimum Gasteiger partial charge on any atom is -0.497 e. The number of likely N-dealkylation sites (tertiary alicyclic amines) is 1. The molecule has 2 aromatic rings. The maximum absolute atomic E-state index is 12.9. The average Bonchev–Trinajstić information content (AvgIpc) is 3.68. The number of rotatable bonds is 7. The number of carbonyl (C=O) groups is 2. The number of primary amides is 1. The third kappa shape index (κ3) is 4.34. The van der Waals surface area contributed by atoms with Gasteiger partial charge in [0.1, 0.15) is 11.3 Å². The van der Waals surface area contributed by atoms with E-state index in [0.29, 0.717) is 12.3 Å². The van der Waals surface area contributed by atoms with E-state index in [0.717, 1.165) is 47.6 Å². The van der Waals surface area contributed by atoms with Gasteiger partial charge in [0.2, 0.25) is 5.91 Å². The highest BCUT2D eigenvalue weighted by Crippen LogP contribution is 2.54. The number of nitrogens with zero attached hydrogens (tertiary/aromatic N) is 1. The van der Waals surface area contributed by atoms with Crippen LogP contribution in [0, 0.1) is 12.8 Å². The number of ether oxygens (including phenoxy) is 1. The summed E-state index contributed by atoms with van der Waals surface area (Å²) in [6.45, 7) is 5.61. The molecule has 2 aliphatic carbocycles. The average molecular weight is 509 g/mol. The highest BCUT2D eigenvalue weighted by molar-refractivity contribution is 5.96. The minimum absolute atomic E-state index is 0.0908. The number of H-pyrrole nitrogens is 1. The molecule has 1 aliphatic heterocycles. The highest BCUT2D eigenvalue weighted by atomic mass is 16.5. The molecule has 3 unspecified atom stereocenters. The largest absolute Gasteiger partial charge is 0.497 e. The molecule has 3 aliphatic rings. The van der Waals surface area contributed by atoms with Crippen LogP contribution in [0.3, 0.4) is 0 Å². The molecule has 0 bridgehead atoms. The van der Waals surface area contributed by atoms with Gasteiger partial charge in [-0.1, -0.05) is 6.07 Å². The molecular weight excluding hydrogens is 472 g/mol. The fourth-order valence-corrected chi connectivity index (χ4v) is 6.54. The quantitative estimate of drug-likeness (QED) is 0.443. The number of carbonyl (C=O) groups excluding carboxylic acids is 2. The van der Waals surface area contributed by atoms with E-state index in [4.69, 9.17) is 10.5 Å². The molecule has 9 nitrogen and oxygen atoms in total. The van der Waals surface area contributed by atoms with E-state index < -0.39 is 28.4 Å². The molecule has 2 fully saturated rings. The lowest BCUT2D eigenvalue weighted by Gasteiger charge is -2.60. The second kappa shape index (κ2) is 9.29. The first-order valence-electron chi connectivity index (χ1n) is 13.0. The number of pyridine rings is 1. The van der Waals surface area contributed by atoms with E-state index in [2.05, 4.69) is 29.0 Å². The number of aryl methyl sites for hydroxylation is 1. The SMILES string of the molecule is COc1ccc(C)c(C23CCN(CC4CC4)C(C)C2(O)Cc2cc(C(=O)NCC(N)=O)c(=O)[nH]c2C3)c1. The second-order valence-electron chi connectivity index (χ2n) is 11.1. The molecule has 5 rings (SSSR count). The van der Waals surface area contributed by atoms with Crippen molar-refractivity contribution in [2.75, 3.05) is 26.7 Å². The van der Waals surface area contributed by atoms with Crippen molar-refractivity contribution in [3.8, 4) is 5.75 Å². The highest BCUT2D eigenvalue weighted by Gasteiger charge is 2.61. The maximum atomic E-state index is 12.9. The molecule has 2 amide bonds. The normalized spacial score (nSPS) is 27.2. The van der Waals surface area contributed by atoms with Gasteiger partial charge in [0.25, 0.3) is 11.5 Å². The van der Waals surface area contributed by atoms with Crippen LogP contribution in [0.1, 0.15) is 58.9 Å². The smallest absolute Gasteiger partial charge is 0.261 e. The number of nitrogens with two attached hydrogens (primary N) is 1. The van der Waals surface area contributed by atoms with E-state index in [-0.39, 0.29) is 24.6 Å². The molecule has 5 N–H and O–H groups in total. The number of fused-ring (bicyclic) bond motifs is 2. The molecule has 0 spiro atoms. The zero-order valence-corrected chi connectivity index (χ0v) is 21.7. The number of hydrogen-bond donors (Lipinski definition) is 4. The Hall–Kier alpha value is -3.17. The summed E-state index contributed by atoms with van der Waals surface area (Å²) in [5, 5.41) is 15.1. The summed E-state index contributed by atoms with van der Waals surface area (Å²) >= 11 is 0. The van der Waals surface area contributed by atoms with Gasteiger partial charge in [-0.3, -0.25) is 19.3 Å².